The highest BCUT2D eigenvalue weighted by Gasteiger charge is 2.74. The Labute approximate surface area is 227 Å². The molecule has 3 rings (SSSR count). The molecule has 37 heavy (non-hydrogen) atoms. The van der Waals surface area contributed by atoms with Crippen LogP contribution in [0.2, 0.25) is 0 Å². The standard InChI is InChI=1S/C29H47N3O4S/c1-7-11-12-18-31(17-10-4)28(36)25-29-14-13-22(37-29)23(26(34)30(15-8-2)16-9-3)24(29)27(35)32(25)21(19-33)20(5)6/h8,10,20-25,33H,2,4,7,9,11-19H2,1,3,5-6H3/t21-,22+,23-,24-,25?,29?/m0/s1. The number of hydrogen-bond donors (Lipinski definition) is 1. The number of carbonyl (C=O) groups is 3. The maximum atomic E-state index is 14.3. The van der Waals surface area contributed by atoms with Crippen molar-refractivity contribution in [2.24, 2.45) is 17.8 Å². The minimum Gasteiger partial charge on any atom is -0.394 e. The van der Waals surface area contributed by atoms with Gasteiger partial charge in [-0.05, 0) is 31.6 Å². The second kappa shape index (κ2) is 12.8. The molecule has 2 unspecified atom stereocenters. The van der Waals surface area contributed by atoms with Crippen molar-refractivity contribution in [3.05, 3.63) is 25.3 Å². The molecule has 0 aliphatic carbocycles. The zero-order valence-electron chi connectivity index (χ0n) is 23.2. The number of rotatable bonds is 15. The van der Waals surface area contributed by atoms with Gasteiger partial charge in [0.1, 0.15) is 6.04 Å². The first-order valence-electron chi connectivity index (χ1n) is 14.1. The number of aliphatic hydroxyl groups excluding tert-OH is 1. The summed E-state index contributed by atoms with van der Waals surface area (Å²) in [5.74, 6) is -1.22. The van der Waals surface area contributed by atoms with E-state index in [4.69, 9.17) is 0 Å². The molecule has 3 amide bonds. The highest BCUT2D eigenvalue weighted by molar-refractivity contribution is 8.02. The predicted octanol–water partition coefficient (Wildman–Crippen LogP) is 3.72. The molecule has 208 valence electrons. The van der Waals surface area contributed by atoms with E-state index in [-0.39, 0.29) is 35.5 Å². The molecule has 0 aromatic heterocycles. The summed E-state index contributed by atoms with van der Waals surface area (Å²) in [6.45, 7) is 17.7. The van der Waals surface area contributed by atoms with E-state index >= 15 is 0 Å². The van der Waals surface area contributed by atoms with E-state index in [2.05, 4.69) is 20.1 Å². The Kier molecular flexibility index (Phi) is 10.3. The monoisotopic (exact) mass is 533 g/mol. The normalized spacial score (nSPS) is 28.9. The van der Waals surface area contributed by atoms with Crippen molar-refractivity contribution >= 4 is 29.5 Å². The summed E-state index contributed by atoms with van der Waals surface area (Å²) in [6.07, 6.45) is 8.84. The number of hydrogen-bond acceptors (Lipinski definition) is 5. The Morgan fingerprint density at radius 2 is 1.76 bits per heavy atom. The number of unbranched alkanes of at least 4 members (excludes halogenated alkanes) is 2. The third-order valence-electron chi connectivity index (χ3n) is 8.42. The summed E-state index contributed by atoms with van der Waals surface area (Å²) in [5.41, 5.74) is 0. The number of fused-ring (bicyclic) bond motifs is 1. The first-order chi connectivity index (χ1) is 17.7. The van der Waals surface area contributed by atoms with Crippen LogP contribution >= 0.6 is 11.8 Å². The van der Waals surface area contributed by atoms with Gasteiger partial charge in [0, 0.05) is 31.4 Å². The zero-order valence-corrected chi connectivity index (χ0v) is 24.0. The first kappa shape index (κ1) is 29.8. The quantitative estimate of drug-likeness (QED) is 0.256. The molecule has 8 heteroatoms. The molecule has 2 bridgehead atoms. The van der Waals surface area contributed by atoms with E-state index in [1.54, 1.807) is 28.8 Å². The molecule has 7 nitrogen and oxygen atoms in total. The number of likely N-dealkylation sites (tertiary alicyclic amines) is 1. The van der Waals surface area contributed by atoms with Gasteiger partial charge in [0.15, 0.2) is 0 Å². The van der Waals surface area contributed by atoms with E-state index in [1.807, 2.05) is 30.6 Å². The van der Waals surface area contributed by atoms with Crippen LogP contribution in [0, 0.1) is 17.8 Å². The van der Waals surface area contributed by atoms with Crippen LogP contribution in [0.25, 0.3) is 0 Å². The SMILES string of the molecule is C=CCN(CCCCC)C(=O)C1N([C@@H](CO)C(C)C)C(=O)[C@@H]2[C@@H](C(=O)N(CC=C)CCC)[C@H]3CCC12S3. The maximum absolute atomic E-state index is 14.3. The van der Waals surface area contributed by atoms with Gasteiger partial charge < -0.3 is 19.8 Å². The van der Waals surface area contributed by atoms with Gasteiger partial charge in [-0.2, -0.15) is 0 Å². The van der Waals surface area contributed by atoms with Crippen molar-refractivity contribution in [3.8, 4) is 0 Å². The molecule has 1 spiro atoms. The fourth-order valence-electron chi connectivity index (χ4n) is 6.73. The van der Waals surface area contributed by atoms with Gasteiger partial charge in [0.25, 0.3) is 0 Å². The molecular weight excluding hydrogens is 486 g/mol. The minimum atomic E-state index is -0.682. The molecule has 0 aromatic carbocycles. The average molecular weight is 534 g/mol. The van der Waals surface area contributed by atoms with Gasteiger partial charge in [-0.15, -0.1) is 24.9 Å². The highest BCUT2D eigenvalue weighted by Crippen LogP contribution is 2.67. The lowest BCUT2D eigenvalue weighted by molar-refractivity contribution is -0.148. The fraction of sp³-hybridized carbons (Fsp3) is 0.759. The third kappa shape index (κ3) is 5.38. The van der Waals surface area contributed by atoms with Gasteiger partial charge in [-0.25, -0.2) is 0 Å². The minimum absolute atomic E-state index is 0.00297. The predicted molar refractivity (Wildman–Crippen MR) is 150 cm³/mol. The summed E-state index contributed by atoms with van der Waals surface area (Å²) in [4.78, 5) is 47.9. The van der Waals surface area contributed by atoms with Crippen molar-refractivity contribution in [2.45, 2.75) is 88.3 Å². The van der Waals surface area contributed by atoms with Crippen molar-refractivity contribution in [1.29, 1.82) is 0 Å². The van der Waals surface area contributed by atoms with Crippen LogP contribution in [-0.2, 0) is 14.4 Å². The fourth-order valence-corrected chi connectivity index (χ4v) is 8.92. The van der Waals surface area contributed by atoms with Gasteiger partial charge in [0.2, 0.25) is 17.7 Å². The maximum Gasteiger partial charge on any atom is 0.247 e. The summed E-state index contributed by atoms with van der Waals surface area (Å²) in [5, 5.41) is 10.4. The molecule has 3 aliphatic heterocycles. The Balaban J connectivity index is 2.06. The second-order valence-electron chi connectivity index (χ2n) is 11.1. The Morgan fingerprint density at radius 1 is 1.11 bits per heavy atom. The first-order valence-corrected chi connectivity index (χ1v) is 15.0. The molecule has 6 atom stereocenters. The molecular formula is C29H47N3O4S. The lowest BCUT2D eigenvalue weighted by Crippen LogP contribution is -2.58. The average Bonchev–Trinajstić information content (AvgIpc) is 3.51. The summed E-state index contributed by atoms with van der Waals surface area (Å²) in [6, 6.07) is -1.16. The van der Waals surface area contributed by atoms with Crippen molar-refractivity contribution in [1.82, 2.24) is 14.7 Å². The van der Waals surface area contributed by atoms with Gasteiger partial charge in [-0.3, -0.25) is 14.4 Å². The molecule has 3 aliphatic rings. The Morgan fingerprint density at radius 3 is 2.30 bits per heavy atom. The van der Waals surface area contributed by atoms with Crippen LogP contribution in [0.4, 0.5) is 0 Å². The highest BCUT2D eigenvalue weighted by atomic mass is 32.2. The van der Waals surface area contributed by atoms with Gasteiger partial charge in [-0.1, -0.05) is 52.7 Å². The van der Waals surface area contributed by atoms with Crippen LogP contribution in [0.3, 0.4) is 0 Å². The van der Waals surface area contributed by atoms with Crippen molar-refractivity contribution in [3.63, 3.8) is 0 Å². The number of carbonyl (C=O) groups excluding carboxylic acids is 3. The van der Waals surface area contributed by atoms with E-state index in [0.717, 1.165) is 38.5 Å². The number of thioether (sulfide) groups is 1. The topological polar surface area (TPSA) is 81.2 Å². The van der Waals surface area contributed by atoms with E-state index in [0.29, 0.717) is 26.2 Å². The molecule has 0 saturated carbocycles. The van der Waals surface area contributed by atoms with Crippen molar-refractivity contribution < 1.29 is 19.5 Å². The molecule has 3 heterocycles. The molecule has 0 aromatic rings. The summed E-state index contributed by atoms with van der Waals surface area (Å²) >= 11 is 1.70. The van der Waals surface area contributed by atoms with E-state index in [1.165, 1.54) is 0 Å². The Hall–Kier alpha value is -1.80. The second-order valence-corrected chi connectivity index (χ2v) is 12.7. The lowest BCUT2D eigenvalue weighted by atomic mass is 9.70. The van der Waals surface area contributed by atoms with E-state index in [9.17, 15) is 19.5 Å². The third-order valence-corrected chi connectivity index (χ3v) is 10.4. The van der Waals surface area contributed by atoms with Crippen LogP contribution in [0.15, 0.2) is 25.3 Å². The molecule has 3 fully saturated rings. The van der Waals surface area contributed by atoms with E-state index < -0.39 is 28.7 Å². The van der Waals surface area contributed by atoms with Gasteiger partial charge in [0.05, 0.1) is 29.2 Å². The lowest BCUT2D eigenvalue weighted by Gasteiger charge is -2.40. The molecule has 1 N–H and O–H groups in total. The largest absolute Gasteiger partial charge is 0.394 e. The van der Waals surface area contributed by atoms with Crippen LogP contribution in [0.5, 0.6) is 0 Å². The van der Waals surface area contributed by atoms with Crippen LogP contribution in [-0.4, -0.2) is 92.4 Å². The smallest absolute Gasteiger partial charge is 0.247 e. The number of nitrogens with zero attached hydrogens (tertiary/aromatic N) is 3. The summed E-state index contributed by atoms with van der Waals surface area (Å²) < 4.78 is -0.641. The van der Waals surface area contributed by atoms with Crippen LogP contribution < -0.4 is 0 Å². The van der Waals surface area contributed by atoms with Crippen LogP contribution in [0.1, 0.15) is 66.2 Å². The molecule has 0 radical (unpaired) electrons. The Bertz CT molecular complexity index is 864. The van der Waals surface area contributed by atoms with Gasteiger partial charge >= 0.3 is 0 Å². The number of aliphatic hydroxyl groups is 1. The summed E-state index contributed by atoms with van der Waals surface area (Å²) in [7, 11) is 0. The molecule has 3 saturated heterocycles. The number of amides is 3. The zero-order chi connectivity index (χ0) is 27.3. The van der Waals surface area contributed by atoms with Crippen molar-refractivity contribution in [2.75, 3.05) is 32.8 Å².